The normalized spacial score (nSPS) is 10.0. The van der Waals surface area contributed by atoms with Crippen LogP contribution in [0.2, 0.25) is 5.02 Å². The van der Waals surface area contributed by atoms with Crippen LogP contribution in [-0.2, 0) is 4.79 Å². The Morgan fingerprint density at radius 2 is 2.05 bits per heavy atom. The molecule has 0 aliphatic rings. The molecule has 0 unspecified atom stereocenters. The van der Waals surface area contributed by atoms with Crippen LogP contribution >= 0.6 is 11.6 Å². The van der Waals surface area contributed by atoms with E-state index in [0.29, 0.717) is 16.1 Å². The van der Waals surface area contributed by atoms with Crippen LogP contribution in [0.15, 0.2) is 41.7 Å². The van der Waals surface area contributed by atoms with Crippen molar-refractivity contribution in [1.29, 1.82) is 0 Å². The molecule has 2 aromatic rings. The van der Waals surface area contributed by atoms with E-state index in [9.17, 15) is 14.5 Å². The van der Waals surface area contributed by atoms with Crippen LogP contribution in [0.3, 0.4) is 0 Å². The lowest BCUT2D eigenvalue weighted by Crippen LogP contribution is -2.29. The van der Waals surface area contributed by atoms with Crippen molar-refractivity contribution in [2.75, 3.05) is 6.54 Å². The maximum Gasteiger partial charge on any atom is 0.322 e. The maximum absolute atomic E-state index is 11.8. The average molecular weight is 320 g/mol. The van der Waals surface area contributed by atoms with Crippen LogP contribution < -0.4 is 5.32 Å². The summed E-state index contributed by atoms with van der Waals surface area (Å²) in [6.45, 7) is -0.575. The van der Waals surface area contributed by atoms with E-state index in [2.05, 4.69) is 15.5 Å². The monoisotopic (exact) mass is 319 g/mol. The number of carboxylic acid groups (broad SMARTS) is 1. The van der Waals surface area contributed by atoms with E-state index in [0.717, 1.165) is 0 Å². The lowest BCUT2D eigenvalue weighted by Gasteiger charge is -2.06. The van der Waals surface area contributed by atoms with Crippen molar-refractivity contribution in [3.63, 3.8) is 0 Å². The fourth-order valence-corrected chi connectivity index (χ4v) is 1.95. The van der Waals surface area contributed by atoms with Crippen LogP contribution in [0.25, 0.3) is 11.1 Å². The smallest absolute Gasteiger partial charge is 0.322 e. The van der Waals surface area contributed by atoms with Crippen molar-refractivity contribution in [3.05, 3.63) is 52.2 Å². The third-order valence-corrected chi connectivity index (χ3v) is 2.97. The Balaban J connectivity index is 2.34. The second kappa shape index (κ2) is 6.77. The van der Waals surface area contributed by atoms with Crippen molar-refractivity contribution in [1.82, 2.24) is 10.3 Å². The summed E-state index contributed by atoms with van der Waals surface area (Å²) >= 11 is 5.90. The number of carbonyl (C=O) groups excluding carboxylic acids is 1. The summed E-state index contributed by atoms with van der Waals surface area (Å²) in [7, 11) is 0. The molecule has 22 heavy (non-hydrogen) atoms. The zero-order chi connectivity index (χ0) is 16.1. The lowest BCUT2D eigenvalue weighted by molar-refractivity contribution is -0.135. The first-order valence-electron chi connectivity index (χ1n) is 6.10. The SMILES string of the molecule is O=Nc1cc(-c2cccc(Cl)c2)cnc1C(=O)NCC(=O)O. The van der Waals surface area contributed by atoms with Gasteiger partial charge in [-0.3, -0.25) is 9.59 Å². The predicted octanol–water partition coefficient (Wildman–Crippen LogP) is 2.61. The Morgan fingerprint density at radius 3 is 2.68 bits per heavy atom. The molecular weight excluding hydrogens is 310 g/mol. The van der Waals surface area contributed by atoms with Gasteiger partial charge in [-0.25, -0.2) is 4.98 Å². The van der Waals surface area contributed by atoms with Gasteiger partial charge in [-0.2, -0.15) is 0 Å². The van der Waals surface area contributed by atoms with Gasteiger partial charge in [0.25, 0.3) is 5.91 Å². The highest BCUT2D eigenvalue weighted by Crippen LogP contribution is 2.27. The minimum Gasteiger partial charge on any atom is -0.480 e. The molecule has 0 aliphatic carbocycles. The third kappa shape index (κ3) is 3.64. The lowest BCUT2D eigenvalue weighted by atomic mass is 10.1. The molecule has 7 nitrogen and oxygen atoms in total. The summed E-state index contributed by atoms with van der Waals surface area (Å²) in [4.78, 5) is 37.0. The first-order chi connectivity index (χ1) is 10.5. The van der Waals surface area contributed by atoms with Gasteiger partial charge in [0, 0.05) is 16.8 Å². The van der Waals surface area contributed by atoms with E-state index >= 15 is 0 Å². The minimum atomic E-state index is -1.20. The second-order valence-electron chi connectivity index (χ2n) is 4.27. The van der Waals surface area contributed by atoms with Crippen molar-refractivity contribution in [3.8, 4) is 11.1 Å². The molecule has 0 saturated heterocycles. The van der Waals surface area contributed by atoms with Crippen LogP contribution in [0.5, 0.6) is 0 Å². The third-order valence-electron chi connectivity index (χ3n) is 2.74. The van der Waals surface area contributed by atoms with Gasteiger partial charge in [-0.1, -0.05) is 23.7 Å². The number of benzene rings is 1. The summed E-state index contributed by atoms with van der Waals surface area (Å²) in [5.74, 6) is -1.99. The maximum atomic E-state index is 11.8. The minimum absolute atomic E-state index is 0.180. The van der Waals surface area contributed by atoms with Gasteiger partial charge in [-0.15, -0.1) is 4.91 Å². The Kier molecular flexibility index (Phi) is 4.80. The summed E-state index contributed by atoms with van der Waals surface area (Å²) in [5.41, 5.74) is 0.858. The highest BCUT2D eigenvalue weighted by Gasteiger charge is 2.16. The Morgan fingerprint density at radius 1 is 1.27 bits per heavy atom. The molecule has 0 spiro atoms. The van der Waals surface area contributed by atoms with Gasteiger partial charge in [0.1, 0.15) is 12.2 Å². The number of amides is 1. The second-order valence-corrected chi connectivity index (χ2v) is 4.71. The Labute approximate surface area is 129 Å². The van der Waals surface area contributed by atoms with Gasteiger partial charge in [-0.05, 0) is 28.9 Å². The molecule has 0 aliphatic heterocycles. The molecular formula is C14H10ClN3O4. The summed E-state index contributed by atoms with van der Waals surface area (Å²) in [6.07, 6.45) is 1.38. The van der Waals surface area contributed by atoms with E-state index in [1.54, 1.807) is 24.3 Å². The van der Waals surface area contributed by atoms with E-state index in [4.69, 9.17) is 16.7 Å². The predicted molar refractivity (Wildman–Crippen MR) is 80.1 cm³/mol. The summed E-state index contributed by atoms with van der Waals surface area (Å²) in [6, 6.07) is 8.27. The molecule has 2 rings (SSSR count). The highest BCUT2D eigenvalue weighted by molar-refractivity contribution is 6.30. The zero-order valence-corrected chi connectivity index (χ0v) is 11.9. The fraction of sp³-hybridized carbons (Fsp3) is 0.0714. The molecule has 1 amide bonds. The van der Waals surface area contributed by atoms with Gasteiger partial charge < -0.3 is 10.4 Å². The number of nitrogens with one attached hydrogen (secondary N) is 1. The number of aromatic nitrogens is 1. The van der Waals surface area contributed by atoms with Crippen molar-refractivity contribution in [2.24, 2.45) is 5.18 Å². The van der Waals surface area contributed by atoms with Crippen molar-refractivity contribution in [2.45, 2.75) is 0 Å². The number of rotatable bonds is 5. The van der Waals surface area contributed by atoms with Crippen LogP contribution in [-0.4, -0.2) is 28.5 Å². The van der Waals surface area contributed by atoms with E-state index < -0.39 is 18.4 Å². The van der Waals surface area contributed by atoms with Crippen LogP contribution in [0.4, 0.5) is 5.69 Å². The van der Waals surface area contributed by atoms with Gasteiger partial charge in [0.15, 0.2) is 5.69 Å². The number of aliphatic carboxylic acids is 1. The molecule has 0 radical (unpaired) electrons. The average Bonchev–Trinajstić information content (AvgIpc) is 2.52. The first kappa shape index (κ1) is 15.6. The number of nitrogens with zero attached hydrogens (tertiary/aromatic N) is 2. The molecule has 0 atom stereocenters. The topological polar surface area (TPSA) is 109 Å². The molecule has 1 heterocycles. The molecule has 0 bridgehead atoms. The van der Waals surface area contributed by atoms with Crippen LogP contribution in [0, 0.1) is 4.91 Å². The number of hydrogen-bond donors (Lipinski definition) is 2. The van der Waals surface area contributed by atoms with Gasteiger partial charge in [0.05, 0.1) is 0 Å². The number of pyridine rings is 1. The van der Waals surface area contributed by atoms with E-state index in [1.165, 1.54) is 12.3 Å². The highest BCUT2D eigenvalue weighted by atomic mass is 35.5. The molecule has 0 fully saturated rings. The number of carbonyl (C=O) groups is 2. The first-order valence-corrected chi connectivity index (χ1v) is 6.48. The quantitative estimate of drug-likeness (QED) is 0.823. The molecule has 1 aromatic carbocycles. The van der Waals surface area contributed by atoms with Gasteiger partial charge in [0.2, 0.25) is 0 Å². The van der Waals surface area contributed by atoms with Crippen molar-refractivity contribution >= 4 is 29.2 Å². The number of halogens is 1. The molecule has 8 heteroatoms. The van der Waals surface area contributed by atoms with Crippen molar-refractivity contribution < 1.29 is 14.7 Å². The number of nitroso groups, excluding NO2 is 1. The molecule has 1 aromatic heterocycles. The molecule has 2 N–H and O–H groups in total. The molecule has 112 valence electrons. The van der Waals surface area contributed by atoms with Gasteiger partial charge >= 0.3 is 5.97 Å². The standard InChI is InChI=1S/C14H10ClN3O4/c15-10-3-1-2-8(4-10)9-5-11(18-22)13(16-6-9)14(21)17-7-12(19)20/h1-6H,7H2,(H,17,21)(H,19,20). The fourth-order valence-electron chi connectivity index (χ4n) is 1.76. The molecule has 0 saturated carbocycles. The number of carboxylic acids is 1. The van der Waals surface area contributed by atoms with E-state index in [1.807, 2.05) is 0 Å². The largest absolute Gasteiger partial charge is 0.480 e. The Bertz CT molecular complexity index is 749. The van der Waals surface area contributed by atoms with Crippen LogP contribution in [0.1, 0.15) is 10.5 Å². The summed E-state index contributed by atoms with van der Waals surface area (Å²) < 4.78 is 0. The Hall–Kier alpha value is -2.80. The summed E-state index contributed by atoms with van der Waals surface area (Å²) in [5, 5.41) is 13.9. The zero-order valence-electron chi connectivity index (χ0n) is 11.1. The van der Waals surface area contributed by atoms with E-state index in [-0.39, 0.29) is 11.4 Å². The number of hydrogen-bond acceptors (Lipinski definition) is 5.